The van der Waals surface area contributed by atoms with Gasteiger partial charge in [-0.25, -0.2) is 0 Å². The van der Waals surface area contributed by atoms with Crippen LogP contribution in [0.25, 0.3) is 5.57 Å². The lowest BCUT2D eigenvalue weighted by Gasteiger charge is -2.33. The fourth-order valence-electron chi connectivity index (χ4n) is 2.67. The molecule has 0 N–H and O–H groups in total. The number of hydrogen-bond donors (Lipinski definition) is 0. The summed E-state index contributed by atoms with van der Waals surface area (Å²) in [5.41, 5.74) is 4.05. The van der Waals surface area contributed by atoms with E-state index >= 15 is 0 Å². The number of hydrogen-bond acceptors (Lipinski definition) is 4. The minimum absolute atomic E-state index is 0.187. The zero-order chi connectivity index (χ0) is 14.8. The second-order valence-corrected chi connectivity index (χ2v) is 4.73. The van der Waals surface area contributed by atoms with E-state index in [1.54, 1.807) is 0 Å². The van der Waals surface area contributed by atoms with Crippen molar-refractivity contribution in [3.63, 3.8) is 0 Å². The Morgan fingerprint density at radius 3 is 2.30 bits per heavy atom. The van der Waals surface area contributed by atoms with Gasteiger partial charge in [0.2, 0.25) is 0 Å². The van der Waals surface area contributed by atoms with Crippen molar-refractivity contribution in [2.24, 2.45) is 5.41 Å². The average Bonchev–Trinajstić information content (AvgIpc) is 2.51. The molecule has 0 amide bonds. The van der Waals surface area contributed by atoms with Gasteiger partial charge in [-0.2, -0.15) is 0 Å². The molecule has 0 aliphatic heterocycles. The largest absolute Gasteiger partial charge is 0.468 e. The van der Waals surface area contributed by atoms with Gasteiger partial charge in [-0.15, -0.1) is 5.73 Å². The first-order valence-electron chi connectivity index (χ1n) is 6.23. The van der Waals surface area contributed by atoms with Gasteiger partial charge in [-0.3, -0.25) is 9.59 Å². The Balaban J connectivity index is 2.61. The van der Waals surface area contributed by atoms with Gasteiger partial charge in [-0.1, -0.05) is 30.8 Å². The minimum Gasteiger partial charge on any atom is -0.468 e. The molecule has 0 aromatic heterocycles. The molecule has 0 bridgehead atoms. The summed E-state index contributed by atoms with van der Waals surface area (Å²) in [5, 5.41) is 0. The average molecular weight is 272 g/mol. The van der Waals surface area contributed by atoms with Gasteiger partial charge >= 0.3 is 11.9 Å². The van der Waals surface area contributed by atoms with Crippen LogP contribution in [0.4, 0.5) is 0 Å². The first-order valence-corrected chi connectivity index (χ1v) is 6.23. The molecule has 4 heteroatoms. The third-order valence-electron chi connectivity index (χ3n) is 3.68. The number of carbonyl (C=O) groups is 2. The molecule has 0 radical (unpaired) electrons. The predicted molar refractivity (Wildman–Crippen MR) is 73.8 cm³/mol. The second-order valence-electron chi connectivity index (χ2n) is 4.73. The molecular weight excluding hydrogens is 256 g/mol. The van der Waals surface area contributed by atoms with Crippen molar-refractivity contribution in [2.45, 2.75) is 12.8 Å². The molecule has 1 aromatic rings. The highest BCUT2D eigenvalue weighted by Gasteiger charge is 2.51. The molecule has 1 aliphatic carbocycles. The van der Waals surface area contributed by atoms with Crippen LogP contribution < -0.4 is 0 Å². The van der Waals surface area contributed by atoms with Crippen LogP contribution in [0.3, 0.4) is 0 Å². The third-order valence-corrected chi connectivity index (χ3v) is 3.68. The Morgan fingerprint density at radius 1 is 1.15 bits per heavy atom. The summed E-state index contributed by atoms with van der Waals surface area (Å²) in [6.45, 7) is 3.65. The van der Waals surface area contributed by atoms with Crippen molar-refractivity contribution in [1.82, 2.24) is 0 Å². The van der Waals surface area contributed by atoms with Crippen molar-refractivity contribution in [2.75, 3.05) is 14.2 Å². The first kappa shape index (κ1) is 14.1. The van der Waals surface area contributed by atoms with E-state index in [2.05, 4.69) is 12.3 Å². The van der Waals surface area contributed by atoms with E-state index in [0.29, 0.717) is 0 Å². The number of methoxy groups -OCH3 is 2. The summed E-state index contributed by atoms with van der Waals surface area (Å²) in [7, 11) is 2.54. The lowest BCUT2D eigenvalue weighted by molar-refractivity contribution is -0.169. The lowest BCUT2D eigenvalue weighted by Crippen LogP contribution is -2.45. The Labute approximate surface area is 117 Å². The Kier molecular flexibility index (Phi) is 3.77. The van der Waals surface area contributed by atoms with E-state index in [1.807, 2.05) is 24.3 Å². The number of benzene rings is 1. The summed E-state index contributed by atoms with van der Waals surface area (Å²) in [6, 6.07) is 7.58. The molecule has 0 unspecified atom stereocenters. The summed E-state index contributed by atoms with van der Waals surface area (Å²) in [4.78, 5) is 24.4. The molecule has 0 heterocycles. The fourth-order valence-corrected chi connectivity index (χ4v) is 2.67. The van der Waals surface area contributed by atoms with Crippen LogP contribution in [-0.4, -0.2) is 26.2 Å². The van der Waals surface area contributed by atoms with E-state index in [1.165, 1.54) is 14.2 Å². The molecule has 0 saturated carbocycles. The van der Waals surface area contributed by atoms with Crippen molar-refractivity contribution < 1.29 is 19.1 Å². The molecule has 0 saturated heterocycles. The van der Waals surface area contributed by atoms with Gasteiger partial charge < -0.3 is 9.47 Å². The quantitative estimate of drug-likeness (QED) is 0.470. The Bertz CT molecular complexity index is 593. The SMILES string of the molecule is C=C=C1CC(C(=O)OC)(C(=O)OC)Cc2ccccc21. The molecular formula is C16H16O4. The van der Waals surface area contributed by atoms with Crippen LogP contribution in [0.5, 0.6) is 0 Å². The predicted octanol–water partition coefficient (Wildman–Crippen LogP) is 2.13. The highest BCUT2D eigenvalue weighted by molar-refractivity contribution is 6.03. The van der Waals surface area contributed by atoms with Gasteiger partial charge in [0.05, 0.1) is 14.2 Å². The van der Waals surface area contributed by atoms with Crippen molar-refractivity contribution >= 4 is 17.5 Å². The van der Waals surface area contributed by atoms with Gasteiger partial charge in [0.1, 0.15) is 0 Å². The topological polar surface area (TPSA) is 52.6 Å². The van der Waals surface area contributed by atoms with E-state index in [9.17, 15) is 9.59 Å². The Hall–Kier alpha value is -2.32. The van der Waals surface area contributed by atoms with E-state index in [-0.39, 0.29) is 12.8 Å². The molecule has 4 nitrogen and oxygen atoms in total. The molecule has 2 rings (SSSR count). The molecule has 0 atom stereocenters. The van der Waals surface area contributed by atoms with Crippen LogP contribution in [0.2, 0.25) is 0 Å². The molecule has 20 heavy (non-hydrogen) atoms. The number of ether oxygens (including phenoxy) is 2. The third kappa shape index (κ3) is 2.04. The van der Waals surface area contributed by atoms with Crippen LogP contribution in [0.15, 0.2) is 36.6 Å². The number of esters is 2. The van der Waals surface area contributed by atoms with E-state index in [0.717, 1.165) is 16.7 Å². The summed E-state index contributed by atoms with van der Waals surface area (Å²) in [5.74, 6) is -1.18. The molecule has 1 aromatic carbocycles. The van der Waals surface area contributed by atoms with Gasteiger partial charge in [-0.05, 0) is 11.1 Å². The maximum Gasteiger partial charge on any atom is 0.323 e. The van der Waals surface area contributed by atoms with Crippen LogP contribution in [-0.2, 0) is 25.5 Å². The zero-order valence-corrected chi connectivity index (χ0v) is 11.6. The van der Waals surface area contributed by atoms with E-state index in [4.69, 9.17) is 9.47 Å². The standard InChI is InChI=1S/C16H16O4/c1-4-11-9-16(14(17)19-2,15(18)20-3)10-12-7-5-6-8-13(11)12/h5-8H,1,9-10H2,2-3H3. The Morgan fingerprint density at radius 2 is 1.75 bits per heavy atom. The maximum atomic E-state index is 12.2. The molecule has 0 spiro atoms. The van der Waals surface area contributed by atoms with Crippen molar-refractivity contribution in [1.29, 1.82) is 0 Å². The van der Waals surface area contributed by atoms with Crippen molar-refractivity contribution in [3.8, 4) is 0 Å². The summed E-state index contributed by atoms with van der Waals surface area (Å²) < 4.78 is 9.65. The molecule has 1 aliphatic rings. The van der Waals surface area contributed by atoms with E-state index < -0.39 is 17.4 Å². The monoisotopic (exact) mass is 272 g/mol. The number of fused-ring (bicyclic) bond motifs is 1. The fraction of sp³-hybridized carbons (Fsp3) is 0.312. The highest BCUT2D eigenvalue weighted by Crippen LogP contribution is 2.43. The molecule has 0 fully saturated rings. The minimum atomic E-state index is -1.35. The smallest absolute Gasteiger partial charge is 0.323 e. The number of carbonyl (C=O) groups excluding carboxylic acids is 2. The summed E-state index contributed by atoms with van der Waals surface area (Å²) >= 11 is 0. The normalized spacial score (nSPS) is 15.8. The first-order chi connectivity index (χ1) is 9.58. The molecule has 104 valence electrons. The van der Waals surface area contributed by atoms with Crippen LogP contribution in [0.1, 0.15) is 17.5 Å². The highest BCUT2D eigenvalue weighted by atomic mass is 16.5. The second kappa shape index (κ2) is 5.35. The van der Waals surface area contributed by atoms with Crippen LogP contribution in [0, 0.1) is 5.41 Å². The summed E-state index contributed by atoms with van der Waals surface area (Å²) in [6.07, 6.45) is 0.445. The maximum absolute atomic E-state index is 12.2. The van der Waals surface area contributed by atoms with Crippen LogP contribution >= 0.6 is 0 Å². The lowest BCUT2D eigenvalue weighted by atomic mass is 9.69. The zero-order valence-electron chi connectivity index (χ0n) is 11.6. The number of allylic oxidation sites excluding steroid dienone is 1. The van der Waals surface area contributed by atoms with Gasteiger partial charge in [0, 0.05) is 18.4 Å². The van der Waals surface area contributed by atoms with Gasteiger partial charge in [0.15, 0.2) is 5.41 Å². The number of rotatable bonds is 2. The van der Waals surface area contributed by atoms with Crippen molar-refractivity contribution in [3.05, 3.63) is 47.7 Å². The van der Waals surface area contributed by atoms with Gasteiger partial charge in [0.25, 0.3) is 0 Å².